The number of nitrogens with zero attached hydrogens (tertiary/aromatic N) is 2. The molecule has 1 saturated carbocycles. The quantitative estimate of drug-likeness (QED) is 0.684. The van der Waals surface area contributed by atoms with Crippen LogP contribution >= 0.6 is 34.7 Å². The average molecular weight is 382 g/mol. The van der Waals surface area contributed by atoms with E-state index in [9.17, 15) is 4.79 Å². The van der Waals surface area contributed by atoms with Gasteiger partial charge in [0.25, 0.3) is 0 Å². The normalized spacial score (nSPS) is 15.4. The molecule has 1 amide bonds. The van der Waals surface area contributed by atoms with Crippen LogP contribution in [0.4, 0.5) is 5.13 Å². The maximum absolute atomic E-state index is 12.0. The second kappa shape index (κ2) is 8.83. The Morgan fingerprint density at radius 1 is 1.21 bits per heavy atom. The minimum atomic E-state index is -0.0113. The first-order valence-corrected chi connectivity index (χ1v) is 10.4. The molecule has 128 valence electrons. The monoisotopic (exact) mass is 381 g/mol. The summed E-state index contributed by atoms with van der Waals surface area (Å²) in [6.07, 6.45) is 6.71. The van der Waals surface area contributed by atoms with E-state index in [-0.39, 0.29) is 5.91 Å². The second-order valence-electron chi connectivity index (χ2n) is 5.88. The molecule has 0 aliphatic heterocycles. The van der Waals surface area contributed by atoms with E-state index >= 15 is 0 Å². The number of carbonyl (C=O) groups is 1. The van der Waals surface area contributed by atoms with Crippen LogP contribution in [-0.2, 0) is 4.79 Å². The molecule has 0 radical (unpaired) electrons. The second-order valence-corrected chi connectivity index (χ2v) is 8.49. The lowest BCUT2D eigenvalue weighted by Gasteiger charge is -2.18. The molecule has 0 unspecified atom stereocenters. The molecule has 1 fully saturated rings. The lowest BCUT2D eigenvalue weighted by atomic mass is 9.90. The highest BCUT2D eigenvalue weighted by atomic mass is 35.5. The SMILES string of the molecule is O=C(CCSc1ccc(Cl)cc1)Nc1nnc(C2CCCCC2)s1. The van der Waals surface area contributed by atoms with Crippen molar-refractivity contribution in [2.75, 3.05) is 11.1 Å². The van der Waals surface area contributed by atoms with Gasteiger partial charge in [0.15, 0.2) is 0 Å². The van der Waals surface area contributed by atoms with Crippen LogP contribution < -0.4 is 5.32 Å². The van der Waals surface area contributed by atoms with Crippen molar-refractivity contribution >= 4 is 45.7 Å². The first kappa shape index (κ1) is 17.7. The fourth-order valence-electron chi connectivity index (χ4n) is 2.77. The van der Waals surface area contributed by atoms with Gasteiger partial charge in [-0.1, -0.05) is 42.2 Å². The summed E-state index contributed by atoms with van der Waals surface area (Å²) < 4.78 is 0. The molecule has 24 heavy (non-hydrogen) atoms. The Labute approximate surface area is 155 Å². The smallest absolute Gasteiger partial charge is 0.227 e. The van der Waals surface area contributed by atoms with Gasteiger partial charge >= 0.3 is 0 Å². The van der Waals surface area contributed by atoms with Crippen LogP contribution in [0.1, 0.15) is 49.5 Å². The van der Waals surface area contributed by atoms with Crippen molar-refractivity contribution < 1.29 is 4.79 Å². The first-order valence-electron chi connectivity index (χ1n) is 8.22. The maximum atomic E-state index is 12.0. The third kappa shape index (κ3) is 5.19. The van der Waals surface area contributed by atoms with Gasteiger partial charge in [0.05, 0.1) is 0 Å². The third-order valence-corrected chi connectivity index (χ3v) is 6.32. The number of thioether (sulfide) groups is 1. The Balaban J connectivity index is 1.43. The number of carbonyl (C=O) groups excluding carboxylic acids is 1. The maximum Gasteiger partial charge on any atom is 0.227 e. The molecular formula is C17H20ClN3OS2. The molecule has 1 aromatic carbocycles. The van der Waals surface area contributed by atoms with Crippen molar-refractivity contribution in [2.45, 2.75) is 49.3 Å². The molecule has 0 bridgehead atoms. The molecule has 3 rings (SSSR count). The van der Waals surface area contributed by atoms with Crippen LogP contribution in [0, 0.1) is 0 Å². The Morgan fingerprint density at radius 3 is 2.71 bits per heavy atom. The number of nitrogens with one attached hydrogen (secondary N) is 1. The van der Waals surface area contributed by atoms with Crippen LogP contribution in [0.5, 0.6) is 0 Å². The summed E-state index contributed by atoms with van der Waals surface area (Å²) in [6, 6.07) is 7.65. The minimum absolute atomic E-state index is 0.0113. The standard InChI is InChI=1S/C17H20ClN3OS2/c18-13-6-8-14(9-7-13)23-11-10-15(22)19-17-21-20-16(24-17)12-4-2-1-3-5-12/h6-9,12H,1-5,10-11H2,(H,19,21,22). The summed E-state index contributed by atoms with van der Waals surface area (Å²) in [5.41, 5.74) is 0. The topological polar surface area (TPSA) is 54.9 Å². The molecule has 1 N–H and O–H groups in total. The third-order valence-electron chi connectivity index (χ3n) is 4.05. The zero-order chi connectivity index (χ0) is 16.8. The lowest BCUT2D eigenvalue weighted by molar-refractivity contribution is -0.115. The van der Waals surface area contributed by atoms with Crippen molar-refractivity contribution in [3.63, 3.8) is 0 Å². The van der Waals surface area contributed by atoms with Crippen molar-refractivity contribution in [1.29, 1.82) is 0 Å². The number of amides is 1. The van der Waals surface area contributed by atoms with E-state index in [1.54, 1.807) is 11.8 Å². The van der Waals surface area contributed by atoms with Gasteiger partial charge in [0.2, 0.25) is 11.0 Å². The van der Waals surface area contributed by atoms with E-state index in [0.717, 1.165) is 20.7 Å². The average Bonchev–Trinajstić information content (AvgIpc) is 3.06. The predicted molar refractivity (Wildman–Crippen MR) is 101 cm³/mol. The minimum Gasteiger partial charge on any atom is -0.301 e. The summed E-state index contributed by atoms with van der Waals surface area (Å²) in [4.78, 5) is 13.1. The van der Waals surface area contributed by atoms with Crippen LogP contribution in [0.15, 0.2) is 29.2 Å². The lowest BCUT2D eigenvalue weighted by Crippen LogP contribution is -2.11. The number of rotatable bonds is 6. The zero-order valence-electron chi connectivity index (χ0n) is 13.3. The number of anilines is 1. The van der Waals surface area contributed by atoms with E-state index in [1.165, 1.54) is 43.4 Å². The molecule has 0 saturated heterocycles. The number of hydrogen-bond acceptors (Lipinski definition) is 5. The van der Waals surface area contributed by atoms with Gasteiger partial charge in [0, 0.05) is 28.0 Å². The van der Waals surface area contributed by atoms with Gasteiger partial charge in [-0.2, -0.15) is 0 Å². The van der Waals surface area contributed by atoms with Crippen LogP contribution in [0.2, 0.25) is 5.02 Å². The Bertz CT molecular complexity index is 669. The van der Waals surface area contributed by atoms with E-state index < -0.39 is 0 Å². The largest absolute Gasteiger partial charge is 0.301 e. The van der Waals surface area contributed by atoms with E-state index in [1.807, 2.05) is 24.3 Å². The molecule has 7 heteroatoms. The van der Waals surface area contributed by atoms with Crippen molar-refractivity contribution in [3.8, 4) is 0 Å². The molecular weight excluding hydrogens is 362 g/mol. The number of benzene rings is 1. The fourth-order valence-corrected chi connectivity index (χ4v) is 4.68. The van der Waals surface area contributed by atoms with Gasteiger partial charge in [0.1, 0.15) is 5.01 Å². The summed E-state index contributed by atoms with van der Waals surface area (Å²) in [5, 5.41) is 13.7. The predicted octanol–water partition coefficient (Wildman–Crippen LogP) is 5.36. The van der Waals surface area contributed by atoms with Crippen LogP contribution in [-0.4, -0.2) is 21.9 Å². The fraction of sp³-hybridized carbons (Fsp3) is 0.471. The molecule has 1 heterocycles. The number of hydrogen-bond donors (Lipinski definition) is 1. The van der Waals surface area contributed by atoms with E-state index in [4.69, 9.17) is 11.6 Å². The van der Waals surface area contributed by atoms with E-state index in [2.05, 4.69) is 15.5 Å². The molecule has 0 atom stereocenters. The molecule has 1 aliphatic carbocycles. The number of halogens is 1. The van der Waals surface area contributed by atoms with Crippen molar-refractivity contribution in [1.82, 2.24) is 10.2 Å². The van der Waals surface area contributed by atoms with Crippen molar-refractivity contribution in [3.05, 3.63) is 34.3 Å². The zero-order valence-corrected chi connectivity index (χ0v) is 15.7. The van der Waals surface area contributed by atoms with Gasteiger partial charge in [-0.05, 0) is 37.1 Å². The molecule has 1 aromatic heterocycles. The highest BCUT2D eigenvalue weighted by Gasteiger charge is 2.20. The van der Waals surface area contributed by atoms with Gasteiger partial charge in [-0.15, -0.1) is 22.0 Å². The molecule has 4 nitrogen and oxygen atoms in total. The first-order chi connectivity index (χ1) is 11.7. The number of aromatic nitrogens is 2. The van der Waals surface area contributed by atoms with E-state index in [0.29, 0.717) is 17.5 Å². The summed E-state index contributed by atoms with van der Waals surface area (Å²) >= 11 is 9.03. The van der Waals surface area contributed by atoms with Gasteiger partial charge in [-0.25, -0.2) is 0 Å². The van der Waals surface area contributed by atoms with Crippen LogP contribution in [0.25, 0.3) is 0 Å². The summed E-state index contributed by atoms with van der Waals surface area (Å²) in [5.74, 6) is 1.24. The highest BCUT2D eigenvalue weighted by molar-refractivity contribution is 7.99. The highest BCUT2D eigenvalue weighted by Crippen LogP contribution is 2.35. The molecule has 0 spiro atoms. The van der Waals surface area contributed by atoms with Crippen molar-refractivity contribution in [2.24, 2.45) is 0 Å². The molecule has 2 aromatic rings. The molecule has 1 aliphatic rings. The Morgan fingerprint density at radius 2 is 1.96 bits per heavy atom. The van der Waals surface area contributed by atoms with Crippen LogP contribution in [0.3, 0.4) is 0 Å². The van der Waals surface area contributed by atoms with Gasteiger partial charge < -0.3 is 5.32 Å². The Kier molecular flexibility index (Phi) is 6.51. The van der Waals surface area contributed by atoms with Gasteiger partial charge in [-0.3, -0.25) is 4.79 Å². The summed E-state index contributed by atoms with van der Waals surface area (Å²) in [6.45, 7) is 0. The Hall–Kier alpha value is -1.11. The summed E-state index contributed by atoms with van der Waals surface area (Å²) in [7, 11) is 0.